The first-order valence-corrected chi connectivity index (χ1v) is 7.89. The van der Waals surface area contributed by atoms with Crippen molar-refractivity contribution >= 4 is 11.9 Å². The van der Waals surface area contributed by atoms with E-state index in [0.717, 1.165) is 23.1 Å². The first-order chi connectivity index (χ1) is 10.6. The number of esters is 2. The summed E-state index contributed by atoms with van der Waals surface area (Å²) in [6, 6.07) is 0. The SMILES string of the molecule is COC(=O)C1(C(=O)OC)C=C2C(=C(C)C3(C)CC(C)(C)C2O3)C1. The Morgan fingerprint density at radius 3 is 2.26 bits per heavy atom. The van der Waals surface area contributed by atoms with Gasteiger partial charge in [0.15, 0.2) is 5.41 Å². The van der Waals surface area contributed by atoms with Crippen LogP contribution < -0.4 is 0 Å². The summed E-state index contributed by atoms with van der Waals surface area (Å²) < 4.78 is 16.1. The van der Waals surface area contributed by atoms with Crippen LogP contribution in [0.1, 0.15) is 40.5 Å². The van der Waals surface area contributed by atoms with Gasteiger partial charge in [0, 0.05) is 6.42 Å². The van der Waals surface area contributed by atoms with Crippen LogP contribution in [0.3, 0.4) is 0 Å². The van der Waals surface area contributed by atoms with E-state index in [0.29, 0.717) is 6.42 Å². The minimum Gasteiger partial charge on any atom is -0.468 e. The molecular weight excluding hydrogens is 296 g/mol. The largest absolute Gasteiger partial charge is 0.468 e. The van der Waals surface area contributed by atoms with E-state index in [1.807, 2.05) is 6.92 Å². The molecular formula is C18H24O5. The summed E-state index contributed by atoms with van der Waals surface area (Å²) >= 11 is 0. The van der Waals surface area contributed by atoms with Gasteiger partial charge in [-0.2, -0.15) is 0 Å². The van der Waals surface area contributed by atoms with Crippen molar-refractivity contribution in [3.8, 4) is 0 Å². The summed E-state index contributed by atoms with van der Waals surface area (Å²) in [7, 11) is 2.59. The van der Waals surface area contributed by atoms with Crippen LogP contribution in [0.2, 0.25) is 0 Å². The van der Waals surface area contributed by atoms with Crippen LogP contribution in [0.15, 0.2) is 22.8 Å². The Morgan fingerprint density at radius 1 is 1.17 bits per heavy atom. The van der Waals surface area contributed by atoms with Crippen LogP contribution in [0.4, 0.5) is 0 Å². The lowest BCUT2D eigenvalue weighted by Crippen LogP contribution is -2.38. The Morgan fingerprint density at radius 2 is 1.74 bits per heavy atom. The number of carbonyl (C=O) groups excluding carboxylic acids is 2. The molecule has 0 spiro atoms. The van der Waals surface area contributed by atoms with Crippen molar-refractivity contribution in [3.05, 3.63) is 22.8 Å². The fourth-order valence-corrected chi connectivity index (χ4v) is 4.53. The van der Waals surface area contributed by atoms with E-state index in [9.17, 15) is 9.59 Å². The average molecular weight is 320 g/mol. The van der Waals surface area contributed by atoms with Gasteiger partial charge in [-0.15, -0.1) is 0 Å². The van der Waals surface area contributed by atoms with Crippen molar-refractivity contribution in [2.75, 3.05) is 14.2 Å². The van der Waals surface area contributed by atoms with E-state index in [2.05, 4.69) is 20.8 Å². The molecule has 2 atom stereocenters. The third-order valence-electron chi connectivity index (χ3n) is 5.71. The Hall–Kier alpha value is -1.62. The molecule has 0 N–H and O–H groups in total. The molecule has 2 heterocycles. The molecule has 2 bridgehead atoms. The van der Waals surface area contributed by atoms with Crippen molar-refractivity contribution < 1.29 is 23.8 Å². The first kappa shape index (κ1) is 16.2. The standard InChI is InChI=1S/C18H24O5/c1-10-11-7-18(14(19)21-5,15(20)22-6)8-12(11)13-16(2,3)9-17(10,4)23-13/h8,13H,7,9H2,1-6H3. The lowest BCUT2D eigenvalue weighted by molar-refractivity contribution is -0.164. The van der Waals surface area contributed by atoms with Gasteiger partial charge in [0.1, 0.15) is 0 Å². The highest BCUT2D eigenvalue weighted by Gasteiger charge is 2.61. The number of methoxy groups -OCH3 is 2. The van der Waals surface area contributed by atoms with Gasteiger partial charge in [0.25, 0.3) is 0 Å². The van der Waals surface area contributed by atoms with Crippen molar-refractivity contribution in [1.29, 1.82) is 0 Å². The van der Waals surface area contributed by atoms with E-state index < -0.39 is 17.4 Å². The Kier molecular flexibility index (Phi) is 3.32. The summed E-state index contributed by atoms with van der Waals surface area (Å²) in [5.41, 5.74) is 1.29. The molecule has 3 aliphatic rings. The molecule has 1 saturated heterocycles. The molecule has 0 amide bonds. The summed E-state index contributed by atoms with van der Waals surface area (Å²) in [4.78, 5) is 24.8. The molecule has 5 heteroatoms. The second-order valence-electron chi connectivity index (χ2n) is 7.73. The topological polar surface area (TPSA) is 61.8 Å². The van der Waals surface area contributed by atoms with E-state index in [4.69, 9.17) is 14.2 Å². The maximum absolute atomic E-state index is 12.4. The molecule has 0 radical (unpaired) electrons. The monoisotopic (exact) mass is 320 g/mol. The number of rotatable bonds is 2. The van der Waals surface area contributed by atoms with E-state index in [1.165, 1.54) is 14.2 Å². The Balaban J connectivity index is 2.19. The lowest BCUT2D eigenvalue weighted by Gasteiger charge is -2.34. The Bertz CT molecular complexity index is 638. The summed E-state index contributed by atoms with van der Waals surface area (Å²) in [5.74, 6) is -1.16. The number of hydrogen-bond donors (Lipinski definition) is 0. The maximum atomic E-state index is 12.4. The van der Waals surface area contributed by atoms with Crippen LogP contribution in [-0.4, -0.2) is 37.9 Å². The van der Waals surface area contributed by atoms with Gasteiger partial charge in [-0.25, -0.2) is 0 Å². The molecule has 0 aromatic rings. The lowest BCUT2D eigenvalue weighted by atomic mass is 9.79. The molecule has 23 heavy (non-hydrogen) atoms. The number of ether oxygens (including phenoxy) is 3. The van der Waals surface area contributed by atoms with Crippen LogP contribution >= 0.6 is 0 Å². The molecule has 3 rings (SSSR count). The maximum Gasteiger partial charge on any atom is 0.327 e. The molecule has 1 aliphatic carbocycles. The third-order valence-corrected chi connectivity index (χ3v) is 5.71. The molecule has 2 unspecified atom stereocenters. The highest BCUT2D eigenvalue weighted by Crippen LogP contribution is 2.60. The van der Waals surface area contributed by atoms with Crippen LogP contribution in [0.25, 0.3) is 0 Å². The fraction of sp³-hybridized carbons (Fsp3) is 0.667. The van der Waals surface area contributed by atoms with Gasteiger partial charge in [0.05, 0.1) is 25.9 Å². The quantitative estimate of drug-likeness (QED) is 0.578. The van der Waals surface area contributed by atoms with Gasteiger partial charge >= 0.3 is 11.9 Å². The van der Waals surface area contributed by atoms with Crippen LogP contribution in [-0.2, 0) is 23.8 Å². The molecule has 0 aromatic carbocycles. The molecule has 1 fully saturated rings. The number of fused-ring (bicyclic) bond motifs is 4. The number of hydrogen-bond acceptors (Lipinski definition) is 5. The zero-order chi connectivity index (χ0) is 17.2. The van der Waals surface area contributed by atoms with Gasteiger partial charge < -0.3 is 14.2 Å². The smallest absolute Gasteiger partial charge is 0.327 e. The highest BCUT2D eigenvalue weighted by molar-refractivity contribution is 6.04. The first-order valence-electron chi connectivity index (χ1n) is 7.89. The van der Waals surface area contributed by atoms with Crippen LogP contribution in [0, 0.1) is 10.8 Å². The minimum atomic E-state index is -1.39. The van der Waals surface area contributed by atoms with Crippen molar-refractivity contribution in [1.82, 2.24) is 0 Å². The van der Waals surface area contributed by atoms with E-state index >= 15 is 0 Å². The van der Waals surface area contributed by atoms with Gasteiger partial charge in [0.2, 0.25) is 0 Å². The normalized spacial score (nSPS) is 33.1. The van der Waals surface area contributed by atoms with Crippen molar-refractivity contribution in [2.45, 2.75) is 52.2 Å². The molecule has 5 nitrogen and oxygen atoms in total. The molecule has 0 aromatic heterocycles. The van der Waals surface area contributed by atoms with E-state index in [1.54, 1.807) is 6.08 Å². The Labute approximate surface area is 136 Å². The van der Waals surface area contributed by atoms with Crippen molar-refractivity contribution in [3.63, 3.8) is 0 Å². The van der Waals surface area contributed by atoms with Gasteiger partial charge in [-0.05, 0) is 48.5 Å². The predicted octanol–water partition coefficient (Wildman–Crippen LogP) is 2.55. The average Bonchev–Trinajstić information content (AvgIpc) is 2.99. The predicted molar refractivity (Wildman–Crippen MR) is 83.5 cm³/mol. The zero-order valence-electron chi connectivity index (χ0n) is 14.6. The van der Waals surface area contributed by atoms with Gasteiger partial charge in [-0.3, -0.25) is 9.59 Å². The summed E-state index contributed by atoms with van der Waals surface area (Å²) in [5, 5.41) is 0. The van der Waals surface area contributed by atoms with E-state index in [-0.39, 0.29) is 17.1 Å². The number of carbonyl (C=O) groups is 2. The highest BCUT2D eigenvalue weighted by atomic mass is 16.5. The summed E-state index contributed by atoms with van der Waals surface area (Å²) in [6.07, 6.45) is 2.81. The molecule has 2 aliphatic heterocycles. The zero-order valence-corrected chi connectivity index (χ0v) is 14.6. The van der Waals surface area contributed by atoms with Gasteiger partial charge in [-0.1, -0.05) is 13.8 Å². The molecule has 126 valence electrons. The van der Waals surface area contributed by atoms with Crippen LogP contribution in [0.5, 0.6) is 0 Å². The summed E-state index contributed by atoms with van der Waals surface area (Å²) in [6.45, 7) is 8.45. The van der Waals surface area contributed by atoms with Crippen molar-refractivity contribution in [2.24, 2.45) is 10.8 Å². The second kappa shape index (κ2) is 4.69. The molecule has 0 saturated carbocycles. The second-order valence-corrected chi connectivity index (χ2v) is 7.73. The third kappa shape index (κ3) is 1.95. The fourth-order valence-electron chi connectivity index (χ4n) is 4.53. The minimum absolute atomic E-state index is 0.0636.